The average Bonchev–Trinajstić information content (AvgIpc) is 2.65. The summed E-state index contributed by atoms with van der Waals surface area (Å²) in [6.07, 6.45) is 1.10. The second kappa shape index (κ2) is 3.93. The van der Waals surface area contributed by atoms with Gasteiger partial charge >= 0.3 is 0 Å². The van der Waals surface area contributed by atoms with Gasteiger partial charge in [-0.3, -0.25) is 0 Å². The monoisotopic (exact) mass is 203 g/mol. The largest absolute Gasteiger partial charge is 0.249 e. The molecular weight excluding hydrogens is 190 g/mol. The third kappa shape index (κ3) is 1.70. The van der Waals surface area contributed by atoms with E-state index >= 15 is 0 Å². The average molecular weight is 203 g/mol. The molecule has 0 fully saturated rings. The molecule has 72 valence electrons. The molecule has 1 aromatic carbocycles. The van der Waals surface area contributed by atoms with Crippen LogP contribution in [-0.4, -0.2) is 4.98 Å². The zero-order chi connectivity index (χ0) is 9.97. The lowest BCUT2D eigenvalue weighted by atomic mass is 10.1. The van der Waals surface area contributed by atoms with E-state index in [1.165, 1.54) is 16.0 Å². The van der Waals surface area contributed by atoms with E-state index in [-0.39, 0.29) is 0 Å². The molecule has 0 saturated heterocycles. The summed E-state index contributed by atoms with van der Waals surface area (Å²) in [5.41, 5.74) is 5.69. The fraction of sp³-hybridized carbons (Fsp3) is 0.250. The smallest absolute Gasteiger partial charge is 0.0801 e. The van der Waals surface area contributed by atoms with Gasteiger partial charge in [-0.2, -0.15) is 0 Å². The molecule has 0 unspecified atom stereocenters. The van der Waals surface area contributed by atoms with E-state index in [1.54, 1.807) is 11.3 Å². The Morgan fingerprint density at radius 3 is 2.43 bits per heavy atom. The van der Waals surface area contributed by atoms with Crippen LogP contribution in [0, 0.1) is 6.92 Å². The molecule has 0 radical (unpaired) electrons. The first kappa shape index (κ1) is 9.41. The van der Waals surface area contributed by atoms with Crippen LogP contribution in [0.3, 0.4) is 0 Å². The number of aromatic nitrogens is 1. The maximum Gasteiger partial charge on any atom is 0.0801 e. The fourth-order valence-electron chi connectivity index (χ4n) is 1.47. The predicted molar refractivity (Wildman–Crippen MR) is 61.7 cm³/mol. The Morgan fingerprint density at radius 1 is 1.21 bits per heavy atom. The molecule has 1 heterocycles. The van der Waals surface area contributed by atoms with Crippen molar-refractivity contribution < 1.29 is 0 Å². The standard InChI is InChI=1S/C12H13NS/c1-3-10-4-6-11(7-5-10)12-9(2)13-8-14-12/h4-8H,3H2,1-2H3. The predicted octanol–water partition coefficient (Wildman–Crippen LogP) is 3.68. The molecule has 1 nitrogen and oxygen atoms in total. The molecule has 0 saturated carbocycles. The summed E-state index contributed by atoms with van der Waals surface area (Å²) in [7, 11) is 0. The number of hydrogen-bond donors (Lipinski definition) is 0. The SMILES string of the molecule is CCc1ccc(-c2scnc2C)cc1. The Labute approximate surface area is 88.4 Å². The lowest BCUT2D eigenvalue weighted by molar-refractivity contribution is 1.14. The Hall–Kier alpha value is -1.15. The van der Waals surface area contributed by atoms with Crippen LogP contribution in [0.15, 0.2) is 29.8 Å². The van der Waals surface area contributed by atoms with Crippen molar-refractivity contribution in [1.82, 2.24) is 4.98 Å². The first-order valence-electron chi connectivity index (χ1n) is 4.80. The molecule has 0 aliphatic rings. The third-order valence-electron chi connectivity index (χ3n) is 2.37. The van der Waals surface area contributed by atoms with E-state index < -0.39 is 0 Å². The van der Waals surface area contributed by atoms with Crippen LogP contribution in [-0.2, 0) is 6.42 Å². The van der Waals surface area contributed by atoms with Crippen LogP contribution in [0.25, 0.3) is 10.4 Å². The van der Waals surface area contributed by atoms with Gasteiger partial charge < -0.3 is 0 Å². The van der Waals surface area contributed by atoms with Gasteiger partial charge in [-0.15, -0.1) is 11.3 Å². The van der Waals surface area contributed by atoms with Gasteiger partial charge in [-0.25, -0.2) is 4.98 Å². The van der Waals surface area contributed by atoms with Crippen LogP contribution in [0.1, 0.15) is 18.2 Å². The van der Waals surface area contributed by atoms with Crippen molar-refractivity contribution in [2.75, 3.05) is 0 Å². The molecule has 0 aliphatic carbocycles. The summed E-state index contributed by atoms with van der Waals surface area (Å²) < 4.78 is 0. The number of rotatable bonds is 2. The number of aryl methyl sites for hydroxylation is 2. The molecule has 14 heavy (non-hydrogen) atoms. The minimum absolute atomic E-state index is 1.10. The number of benzene rings is 1. The van der Waals surface area contributed by atoms with Crippen LogP contribution in [0.5, 0.6) is 0 Å². The number of nitrogens with zero attached hydrogens (tertiary/aromatic N) is 1. The second-order valence-corrected chi connectivity index (χ2v) is 4.17. The molecule has 0 amide bonds. The zero-order valence-corrected chi connectivity index (χ0v) is 9.27. The maximum atomic E-state index is 4.25. The van der Waals surface area contributed by atoms with Crippen LogP contribution in [0.2, 0.25) is 0 Å². The second-order valence-electron chi connectivity index (χ2n) is 3.32. The van der Waals surface area contributed by atoms with Gasteiger partial charge in [0.05, 0.1) is 16.1 Å². The lowest BCUT2D eigenvalue weighted by Gasteiger charge is -2.00. The summed E-state index contributed by atoms with van der Waals surface area (Å²) in [5, 5.41) is 0. The minimum atomic E-state index is 1.10. The fourth-order valence-corrected chi connectivity index (χ4v) is 2.28. The Bertz CT molecular complexity index is 414. The lowest BCUT2D eigenvalue weighted by Crippen LogP contribution is -1.81. The van der Waals surface area contributed by atoms with Gasteiger partial charge in [0.2, 0.25) is 0 Å². The third-order valence-corrected chi connectivity index (χ3v) is 3.35. The molecule has 0 atom stereocenters. The highest BCUT2D eigenvalue weighted by Gasteiger charge is 2.03. The van der Waals surface area contributed by atoms with E-state index in [0.29, 0.717) is 0 Å². The highest BCUT2D eigenvalue weighted by Crippen LogP contribution is 2.27. The Kier molecular flexibility index (Phi) is 2.64. The van der Waals surface area contributed by atoms with Gasteiger partial charge in [0.15, 0.2) is 0 Å². The van der Waals surface area contributed by atoms with Gasteiger partial charge in [-0.1, -0.05) is 31.2 Å². The summed E-state index contributed by atoms with van der Waals surface area (Å²) in [4.78, 5) is 5.54. The summed E-state index contributed by atoms with van der Waals surface area (Å²) in [6, 6.07) is 8.74. The molecule has 2 aromatic rings. The Morgan fingerprint density at radius 2 is 1.93 bits per heavy atom. The van der Waals surface area contributed by atoms with Crippen LogP contribution >= 0.6 is 11.3 Å². The van der Waals surface area contributed by atoms with Crippen LogP contribution < -0.4 is 0 Å². The summed E-state index contributed by atoms with van der Waals surface area (Å²) in [5.74, 6) is 0. The van der Waals surface area contributed by atoms with E-state index in [4.69, 9.17) is 0 Å². The highest BCUT2D eigenvalue weighted by molar-refractivity contribution is 7.13. The highest BCUT2D eigenvalue weighted by atomic mass is 32.1. The van der Waals surface area contributed by atoms with E-state index in [2.05, 4.69) is 43.1 Å². The van der Waals surface area contributed by atoms with Gasteiger partial charge in [0, 0.05) is 0 Å². The molecule has 2 heteroatoms. The molecular formula is C12H13NS. The van der Waals surface area contributed by atoms with Crippen LogP contribution in [0.4, 0.5) is 0 Å². The molecule has 1 aromatic heterocycles. The summed E-state index contributed by atoms with van der Waals surface area (Å²) in [6.45, 7) is 4.23. The van der Waals surface area contributed by atoms with Crippen molar-refractivity contribution in [3.8, 4) is 10.4 Å². The molecule has 0 N–H and O–H groups in total. The van der Waals surface area contributed by atoms with Crippen molar-refractivity contribution in [3.63, 3.8) is 0 Å². The van der Waals surface area contributed by atoms with E-state index in [0.717, 1.165) is 12.1 Å². The van der Waals surface area contributed by atoms with Crippen molar-refractivity contribution in [3.05, 3.63) is 41.0 Å². The normalized spacial score (nSPS) is 10.4. The molecule has 2 rings (SSSR count). The number of thiazole rings is 1. The van der Waals surface area contributed by atoms with Crippen molar-refractivity contribution >= 4 is 11.3 Å². The minimum Gasteiger partial charge on any atom is -0.249 e. The topological polar surface area (TPSA) is 12.9 Å². The van der Waals surface area contributed by atoms with Gasteiger partial charge in [0.25, 0.3) is 0 Å². The first-order valence-corrected chi connectivity index (χ1v) is 5.68. The van der Waals surface area contributed by atoms with Crippen molar-refractivity contribution in [1.29, 1.82) is 0 Å². The molecule has 0 spiro atoms. The van der Waals surface area contributed by atoms with Crippen molar-refractivity contribution in [2.45, 2.75) is 20.3 Å². The molecule has 0 bridgehead atoms. The van der Waals surface area contributed by atoms with E-state index in [9.17, 15) is 0 Å². The zero-order valence-electron chi connectivity index (χ0n) is 8.45. The maximum absolute atomic E-state index is 4.25. The van der Waals surface area contributed by atoms with Crippen molar-refractivity contribution in [2.24, 2.45) is 0 Å². The Balaban J connectivity index is 2.39. The summed E-state index contributed by atoms with van der Waals surface area (Å²) >= 11 is 1.70. The first-order chi connectivity index (χ1) is 6.81. The number of hydrogen-bond acceptors (Lipinski definition) is 2. The van der Waals surface area contributed by atoms with Gasteiger partial charge in [0.1, 0.15) is 0 Å². The quantitative estimate of drug-likeness (QED) is 0.725. The molecule has 0 aliphatic heterocycles. The van der Waals surface area contributed by atoms with E-state index in [1.807, 2.05) is 5.51 Å². The van der Waals surface area contributed by atoms with Gasteiger partial charge in [-0.05, 0) is 24.5 Å².